The number of hydrogen-bond donors (Lipinski definition) is 1. The number of nitrogens with one attached hydrogen (secondary N) is 1. The third kappa shape index (κ3) is 1.57. The van der Waals surface area contributed by atoms with Gasteiger partial charge in [-0.25, -0.2) is 0 Å². The Morgan fingerprint density at radius 1 is 1.36 bits per heavy atom. The van der Waals surface area contributed by atoms with Crippen LogP contribution in [0.1, 0.15) is 19.3 Å². The molecule has 1 heterocycles. The molecule has 0 atom stereocenters. The van der Waals surface area contributed by atoms with Crippen molar-refractivity contribution in [3.63, 3.8) is 0 Å². The lowest BCUT2D eigenvalue weighted by atomic mass is 9.90. The van der Waals surface area contributed by atoms with Crippen LogP contribution in [0, 0.1) is 5.92 Å². The van der Waals surface area contributed by atoms with E-state index in [2.05, 4.69) is 17.3 Å². The molecule has 2 nitrogen and oxygen atoms in total. The summed E-state index contributed by atoms with van der Waals surface area (Å²) in [4.78, 5) is 2.55. The van der Waals surface area contributed by atoms with Gasteiger partial charge >= 0.3 is 0 Å². The Hall–Kier alpha value is -0.0800. The molecule has 1 N–H and O–H groups in total. The Kier molecular flexibility index (Phi) is 2.14. The van der Waals surface area contributed by atoms with Crippen LogP contribution in [0.15, 0.2) is 0 Å². The first-order valence-corrected chi connectivity index (χ1v) is 4.77. The zero-order valence-electron chi connectivity index (χ0n) is 7.34. The van der Waals surface area contributed by atoms with Gasteiger partial charge in [0.15, 0.2) is 0 Å². The van der Waals surface area contributed by atoms with E-state index in [1.165, 1.54) is 38.9 Å². The maximum absolute atomic E-state index is 3.31. The summed E-state index contributed by atoms with van der Waals surface area (Å²) >= 11 is 0. The van der Waals surface area contributed by atoms with Crippen molar-refractivity contribution in [2.45, 2.75) is 25.3 Å². The molecule has 0 unspecified atom stereocenters. The molecule has 2 aliphatic rings. The van der Waals surface area contributed by atoms with Crippen LogP contribution in [-0.2, 0) is 0 Å². The van der Waals surface area contributed by atoms with Crippen LogP contribution in [0.4, 0.5) is 0 Å². The Balaban J connectivity index is 1.67. The summed E-state index contributed by atoms with van der Waals surface area (Å²) in [6.07, 6.45) is 4.34. The van der Waals surface area contributed by atoms with Crippen LogP contribution in [0.2, 0.25) is 0 Å². The van der Waals surface area contributed by atoms with Crippen LogP contribution in [0.25, 0.3) is 0 Å². The second-order valence-corrected chi connectivity index (χ2v) is 4.05. The predicted molar refractivity (Wildman–Crippen MR) is 46.6 cm³/mol. The fraction of sp³-hybridized carbons (Fsp3) is 1.00. The van der Waals surface area contributed by atoms with E-state index in [0.717, 1.165) is 12.0 Å². The minimum atomic E-state index is 0.926. The molecule has 2 heteroatoms. The molecule has 1 aliphatic carbocycles. The molecular weight excluding hydrogens is 136 g/mol. The number of nitrogens with zero attached hydrogens (tertiary/aromatic N) is 1. The van der Waals surface area contributed by atoms with Gasteiger partial charge in [0.1, 0.15) is 0 Å². The molecular formula is C9H18N2. The molecule has 0 radical (unpaired) electrons. The smallest absolute Gasteiger partial charge is 0.00923 e. The zero-order valence-corrected chi connectivity index (χ0v) is 7.34. The van der Waals surface area contributed by atoms with E-state index in [4.69, 9.17) is 0 Å². The van der Waals surface area contributed by atoms with Gasteiger partial charge in [0.25, 0.3) is 0 Å². The van der Waals surface area contributed by atoms with Crippen LogP contribution < -0.4 is 5.32 Å². The average molecular weight is 154 g/mol. The van der Waals surface area contributed by atoms with Crippen molar-refractivity contribution >= 4 is 0 Å². The molecule has 1 aliphatic heterocycles. The van der Waals surface area contributed by atoms with Gasteiger partial charge in [-0.15, -0.1) is 0 Å². The molecule has 0 bridgehead atoms. The molecule has 64 valence electrons. The second-order valence-electron chi connectivity index (χ2n) is 4.05. The normalized spacial score (nSPS) is 26.7. The molecule has 11 heavy (non-hydrogen) atoms. The molecule has 2 fully saturated rings. The van der Waals surface area contributed by atoms with Crippen molar-refractivity contribution in [2.75, 3.05) is 26.7 Å². The van der Waals surface area contributed by atoms with Crippen LogP contribution >= 0.6 is 0 Å². The maximum atomic E-state index is 3.31. The topological polar surface area (TPSA) is 15.3 Å². The second kappa shape index (κ2) is 3.11. The van der Waals surface area contributed by atoms with Crippen molar-refractivity contribution in [3.05, 3.63) is 0 Å². The molecule has 0 aromatic heterocycles. The Labute approximate surface area is 69.0 Å². The van der Waals surface area contributed by atoms with Crippen molar-refractivity contribution in [1.29, 1.82) is 0 Å². The highest BCUT2D eigenvalue weighted by Gasteiger charge is 2.25. The molecule has 0 aromatic carbocycles. The van der Waals surface area contributed by atoms with Gasteiger partial charge in [-0.2, -0.15) is 0 Å². The summed E-state index contributed by atoms with van der Waals surface area (Å²) in [5.41, 5.74) is 0. The van der Waals surface area contributed by atoms with E-state index >= 15 is 0 Å². The predicted octanol–water partition coefficient (Wildman–Crippen LogP) is 0.690. The van der Waals surface area contributed by atoms with Crippen molar-refractivity contribution < 1.29 is 0 Å². The summed E-state index contributed by atoms with van der Waals surface area (Å²) in [6.45, 7) is 3.81. The first-order chi connectivity index (χ1) is 5.36. The van der Waals surface area contributed by atoms with Gasteiger partial charge in [0.05, 0.1) is 0 Å². The summed E-state index contributed by atoms with van der Waals surface area (Å²) in [6, 6.07) is 0.926. The van der Waals surface area contributed by atoms with Crippen LogP contribution in [0.3, 0.4) is 0 Å². The Bertz CT molecular complexity index is 128. The lowest BCUT2D eigenvalue weighted by molar-refractivity contribution is 0.122. The van der Waals surface area contributed by atoms with Crippen LogP contribution in [0.5, 0.6) is 0 Å². The van der Waals surface area contributed by atoms with Crippen molar-refractivity contribution in [3.8, 4) is 0 Å². The first-order valence-electron chi connectivity index (χ1n) is 4.77. The van der Waals surface area contributed by atoms with Gasteiger partial charge in [0.2, 0.25) is 0 Å². The van der Waals surface area contributed by atoms with E-state index < -0.39 is 0 Å². The van der Waals surface area contributed by atoms with E-state index in [1.807, 2.05) is 0 Å². The SMILES string of the molecule is CN(CC1CNC1)C1CCC1. The molecule has 1 saturated carbocycles. The fourth-order valence-electron chi connectivity index (χ4n) is 1.86. The molecule has 0 amide bonds. The highest BCUT2D eigenvalue weighted by Crippen LogP contribution is 2.24. The quantitative estimate of drug-likeness (QED) is 0.643. The van der Waals surface area contributed by atoms with Gasteiger partial charge < -0.3 is 10.2 Å². The van der Waals surface area contributed by atoms with Gasteiger partial charge in [-0.1, -0.05) is 6.42 Å². The molecule has 2 rings (SSSR count). The Morgan fingerprint density at radius 2 is 2.09 bits per heavy atom. The largest absolute Gasteiger partial charge is 0.316 e. The number of hydrogen-bond acceptors (Lipinski definition) is 2. The van der Waals surface area contributed by atoms with E-state index in [0.29, 0.717) is 0 Å². The monoisotopic (exact) mass is 154 g/mol. The van der Waals surface area contributed by atoms with Crippen molar-refractivity contribution in [1.82, 2.24) is 10.2 Å². The lowest BCUT2D eigenvalue weighted by Crippen LogP contribution is -2.50. The third-order valence-electron chi connectivity index (χ3n) is 3.11. The maximum Gasteiger partial charge on any atom is 0.00923 e. The minimum absolute atomic E-state index is 0.926. The fourth-order valence-corrected chi connectivity index (χ4v) is 1.86. The molecule has 1 saturated heterocycles. The summed E-state index contributed by atoms with van der Waals surface area (Å²) in [5.74, 6) is 0.945. The first kappa shape index (κ1) is 7.56. The average Bonchev–Trinajstić information content (AvgIpc) is 1.74. The van der Waals surface area contributed by atoms with Gasteiger partial charge in [0, 0.05) is 25.7 Å². The van der Waals surface area contributed by atoms with E-state index in [-0.39, 0.29) is 0 Å². The van der Waals surface area contributed by atoms with Crippen LogP contribution in [-0.4, -0.2) is 37.6 Å². The Morgan fingerprint density at radius 3 is 2.45 bits per heavy atom. The highest BCUT2D eigenvalue weighted by molar-refractivity contribution is 4.83. The number of rotatable bonds is 3. The molecule has 0 aromatic rings. The third-order valence-corrected chi connectivity index (χ3v) is 3.11. The summed E-state index contributed by atoms with van der Waals surface area (Å²) in [7, 11) is 2.28. The minimum Gasteiger partial charge on any atom is -0.316 e. The van der Waals surface area contributed by atoms with Gasteiger partial charge in [-0.05, 0) is 25.8 Å². The summed E-state index contributed by atoms with van der Waals surface area (Å²) in [5, 5.41) is 3.31. The van der Waals surface area contributed by atoms with Crippen molar-refractivity contribution in [2.24, 2.45) is 5.92 Å². The van der Waals surface area contributed by atoms with E-state index in [1.54, 1.807) is 0 Å². The molecule has 0 spiro atoms. The summed E-state index contributed by atoms with van der Waals surface area (Å²) < 4.78 is 0. The standard InChI is InChI=1S/C9H18N2/c1-11(9-3-2-4-9)7-8-5-10-6-8/h8-10H,2-7H2,1H3. The lowest BCUT2D eigenvalue weighted by Gasteiger charge is -2.39. The zero-order chi connectivity index (χ0) is 7.68. The van der Waals surface area contributed by atoms with Gasteiger partial charge in [-0.3, -0.25) is 0 Å². The highest BCUT2D eigenvalue weighted by atomic mass is 15.2. The van der Waals surface area contributed by atoms with E-state index in [9.17, 15) is 0 Å².